The van der Waals surface area contributed by atoms with Gasteiger partial charge in [0.1, 0.15) is 0 Å². The number of rotatable bonds is 5. The molecule has 0 aliphatic rings. The Morgan fingerprint density at radius 1 is 1.05 bits per heavy atom. The van der Waals surface area contributed by atoms with Crippen molar-refractivity contribution in [1.29, 1.82) is 0 Å². The maximum atomic E-state index is 5.82. The van der Waals surface area contributed by atoms with Crippen molar-refractivity contribution in [3.05, 3.63) is 53.1 Å². The van der Waals surface area contributed by atoms with Crippen LogP contribution in [0.15, 0.2) is 47.6 Å². The van der Waals surface area contributed by atoms with Gasteiger partial charge in [-0.05, 0) is 36.4 Å². The predicted molar refractivity (Wildman–Crippen MR) is 82.2 cm³/mol. The monoisotopic (exact) mass is 290 g/mol. The number of hydrogen-bond donors (Lipinski definition) is 1. The van der Waals surface area contributed by atoms with E-state index < -0.39 is 0 Å². The summed E-state index contributed by atoms with van der Waals surface area (Å²) in [7, 11) is 3.20. The van der Waals surface area contributed by atoms with E-state index in [9.17, 15) is 0 Å². The van der Waals surface area contributed by atoms with Gasteiger partial charge in [0, 0.05) is 10.6 Å². The van der Waals surface area contributed by atoms with Gasteiger partial charge in [0.05, 0.1) is 26.1 Å². The normalized spacial score (nSPS) is 10.6. The predicted octanol–water partition coefficient (Wildman–Crippen LogP) is 3.80. The summed E-state index contributed by atoms with van der Waals surface area (Å²) >= 11 is 5.82. The van der Waals surface area contributed by atoms with Crippen molar-refractivity contribution in [3.63, 3.8) is 0 Å². The number of methoxy groups -OCH3 is 2. The number of anilines is 1. The summed E-state index contributed by atoms with van der Waals surface area (Å²) in [6.45, 7) is 0. The second-order valence-electron chi connectivity index (χ2n) is 3.96. The third-order valence-electron chi connectivity index (χ3n) is 2.67. The van der Waals surface area contributed by atoms with Gasteiger partial charge in [0.25, 0.3) is 0 Å². The summed E-state index contributed by atoms with van der Waals surface area (Å²) < 4.78 is 10.6. The SMILES string of the molecule is COc1cccc(/C=N\Nc2ccc(Cl)cc2)c1OC. The van der Waals surface area contributed by atoms with Gasteiger partial charge in [-0.3, -0.25) is 5.43 Å². The Morgan fingerprint density at radius 3 is 2.45 bits per heavy atom. The molecule has 104 valence electrons. The van der Waals surface area contributed by atoms with Crippen LogP contribution in [0.1, 0.15) is 5.56 Å². The zero-order valence-corrected chi connectivity index (χ0v) is 12.0. The third kappa shape index (κ3) is 3.42. The molecule has 0 spiro atoms. The Bertz CT molecular complexity index is 597. The molecule has 0 saturated carbocycles. The van der Waals surface area contributed by atoms with Crippen LogP contribution >= 0.6 is 11.6 Å². The van der Waals surface area contributed by atoms with Crippen molar-refractivity contribution in [2.45, 2.75) is 0 Å². The van der Waals surface area contributed by atoms with Crippen LogP contribution in [0.4, 0.5) is 5.69 Å². The van der Waals surface area contributed by atoms with Crippen molar-refractivity contribution < 1.29 is 9.47 Å². The van der Waals surface area contributed by atoms with Gasteiger partial charge in [0.15, 0.2) is 11.5 Å². The molecule has 0 amide bonds. The molecule has 0 aromatic heterocycles. The molecule has 0 unspecified atom stereocenters. The third-order valence-corrected chi connectivity index (χ3v) is 2.93. The standard InChI is InChI=1S/C15H15ClN2O2/c1-19-14-5-3-4-11(15(14)20-2)10-17-18-13-8-6-12(16)7-9-13/h3-10,18H,1-2H3/b17-10-. The number of benzene rings is 2. The van der Waals surface area contributed by atoms with Crippen LogP contribution in [-0.4, -0.2) is 20.4 Å². The van der Waals surface area contributed by atoms with E-state index >= 15 is 0 Å². The number of nitrogens with one attached hydrogen (secondary N) is 1. The zero-order valence-electron chi connectivity index (χ0n) is 11.3. The number of halogens is 1. The van der Waals surface area contributed by atoms with Crippen molar-refractivity contribution in [1.82, 2.24) is 0 Å². The number of nitrogens with zero attached hydrogens (tertiary/aromatic N) is 1. The fraction of sp³-hybridized carbons (Fsp3) is 0.133. The van der Waals surface area contributed by atoms with Crippen molar-refractivity contribution in [2.75, 3.05) is 19.6 Å². The molecule has 0 radical (unpaired) electrons. The largest absolute Gasteiger partial charge is 0.493 e. The highest BCUT2D eigenvalue weighted by molar-refractivity contribution is 6.30. The lowest BCUT2D eigenvalue weighted by Gasteiger charge is -2.09. The lowest BCUT2D eigenvalue weighted by molar-refractivity contribution is 0.354. The molecule has 0 atom stereocenters. The Labute approximate surface area is 123 Å². The Hall–Kier alpha value is -2.20. The topological polar surface area (TPSA) is 42.8 Å². The quantitative estimate of drug-likeness (QED) is 0.673. The second kappa shape index (κ2) is 6.82. The van der Waals surface area contributed by atoms with Gasteiger partial charge < -0.3 is 9.47 Å². The maximum absolute atomic E-state index is 5.82. The van der Waals surface area contributed by atoms with Crippen molar-refractivity contribution in [3.8, 4) is 11.5 Å². The van der Waals surface area contributed by atoms with E-state index in [2.05, 4.69) is 10.5 Å². The first-order chi connectivity index (χ1) is 9.74. The zero-order chi connectivity index (χ0) is 14.4. The van der Waals surface area contributed by atoms with Gasteiger partial charge in [-0.15, -0.1) is 0 Å². The number of para-hydroxylation sites is 1. The van der Waals surface area contributed by atoms with Gasteiger partial charge in [-0.1, -0.05) is 17.7 Å². The van der Waals surface area contributed by atoms with E-state index in [1.165, 1.54) is 0 Å². The lowest BCUT2D eigenvalue weighted by atomic mass is 10.2. The average molecular weight is 291 g/mol. The minimum absolute atomic E-state index is 0.650. The molecule has 4 nitrogen and oxygen atoms in total. The minimum atomic E-state index is 0.650. The Balaban J connectivity index is 2.13. The first-order valence-corrected chi connectivity index (χ1v) is 6.38. The van der Waals surface area contributed by atoms with Gasteiger partial charge in [0.2, 0.25) is 0 Å². The number of ether oxygens (including phenoxy) is 2. The van der Waals surface area contributed by atoms with Crippen LogP contribution in [0, 0.1) is 0 Å². The highest BCUT2D eigenvalue weighted by Crippen LogP contribution is 2.29. The average Bonchev–Trinajstić information content (AvgIpc) is 2.49. The molecule has 0 saturated heterocycles. The summed E-state index contributed by atoms with van der Waals surface area (Å²) in [5.74, 6) is 1.32. The number of hydrazone groups is 1. The van der Waals surface area contributed by atoms with Crippen LogP contribution in [-0.2, 0) is 0 Å². The van der Waals surface area contributed by atoms with Gasteiger partial charge in [-0.2, -0.15) is 5.10 Å². The second-order valence-corrected chi connectivity index (χ2v) is 4.40. The smallest absolute Gasteiger partial charge is 0.169 e. The van der Waals surface area contributed by atoms with E-state index in [1.807, 2.05) is 30.3 Å². The van der Waals surface area contributed by atoms with Crippen LogP contribution in [0.3, 0.4) is 0 Å². The first-order valence-electron chi connectivity index (χ1n) is 6.00. The van der Waals surface area contributed by atoms with Crippen molar-refractivity contribution >= 4 is 23.5 Å². The molecule has 0 fully saturated rings. The maximum Gasteiger partial charge on any atom is 0.169 e. The van der Waals surface area contributed by atoms with E-state index in [0.717, 1.165) is 11.3 Å². The van der Waals surface area contributed by atoms with E-state index in [-0.39, 0.29) is 0 Å². The Kier molecular flexibility index (Phi) is 4.85. The van der Waals surface area contributed by atoms with Crippen LogP contribution < -0.4 is 14.9 Å². The molecule has 2 rings (SSSR count). The molecule has 5 heteroatoms. The summed E-state index contributed by atoms with van der Waals surface area (Å²) in [6.07, 6.45) is 1.68. The Morgan fingerprint density at radius 2 is 1.80 bits per heavy atom. The van der Waals surface area contributed by atoms with E-state index in [0.29, 0.717) is 16.5 Å². The van der Waals surface area contributed by atoms with Gasteiger partial charge >= 0.3 is 0 Å². The minimum Gasteiger partial charge on any atom is -0.493 e. The first kappa shape index (κ1) is 14.2. The lowest BCUT2D eigenvalue weighted by Crippen LogP contribution is -1.96. The molecule has 0 aliphatic carbocycles. The summed E-state index contributed by atoms with van der Waals surface area (Å²) in [5.41, 5.74) is 4.60. The fourth-order valence-electron chi connectivity index (χ4n) is 1.71. The molecule has 0 aliphatic heterocycles. The molecule has 2 aromatic rings. The fourth-order valence-corrected chi connectivity index (χ4v) is 1.84. The molecular formula is C15H15ClN2O2. The van der Waals surface area contributed by atoms with E-state index in [1.54, 1.807) is 32.6 Å². The molecule has 2 aromatic carbocycles. The molecule has 0 heterocycles. The highest BCUT2D eigenvalue weighted by atomic mass is 35.5. The van der Waals surface area contributed by atoms with E-state index in [4.69, 9.17) is 21.1 Å². The molecular weight excluding hydrogens is 276 g/mol. The summed E-state index contributed by atoms with van der Waals surface area (Å²) in [5, 5.41) is 4.86. The van der Waals surface area contributed by atoms with Crippen LogP contribution in [0.25, 0.3) is 0 Å². The molecule has 20 heavy (non-hydrogen) atoms. The molecule has 0 bridgehead atoms. The van der Waals surface area contributed by atoms with Crippen LogP contribution in [0.5, 0.6) is 11.5 Å². The molecule has 1 N–H and O–H groups in total. The van der Waals surface area contributed by atoms with Crippen molar-refractivity contribution in [2.24, 2.45) is 5.10 Å². The summed E-state index contributed by atoms with van der Waals surface area (Å²) in [4.78, 5) is 0. The number of hydrogen-bond acceptors (Lipinski definition) is 4. The summed E-state index contributed by atoms with van der Waals surface area (Å²) in [6, 6.07) is 12.9. The van der Waals surface area contributed by atoms with Crippen LogP contribution in [0.2, 0.25) is 5.02 Å². The van der Waals surface area contributed by atoms with Gasteiger partial charge in [-0.25, -0.2) is 0 Å². The highest BCUT2D eigenvalue weighted by Gasteiger charge is 2.06.